The molecule has 1 amide bonds. The molecule has 1 aliphatic rings. The molecule has 0 bridgehead atoms. The van der Waals surface area contributed by atoms with Crippen molar-refractivity contribution in [2.24, 2.45) is 0 Å². The van der Waals surface area contributed by atoms with Crippen molar-refractivity contribution in [2.45, 2.75) is 39.8 Å². The van der Waals surface area contributed by atoms with Gasteiger partial charge in [-0.2, -0.15) is 0 Å². The van der Waals surface area contributed by atoms with Crippen molar-refractivity contribution in [1.29, 1.82) is 0 Å². The van der Waals surface area contributed by atoms with Crippen LogP contribution >= 0.6 is 0 Å². The molecule has 1 saturated heterocycles. The summed E-state index contributed by atoms with van der Waals surface area (Å²) in [7, 11) is 0. The maximum atomic E-state index is 12.2. The van der Waals surface area contributed by atoms with E-state index < -0.39 is 0 Å². The number of hydrogen-bond acceptors (Lipinski definition) is 3. The number of morpholine rings is 1. The molecule has 0 saturated carbocycles. The molecule has 1 aliphatic heterocycles. The summed E-state index contributed by atoms with van der Waals surface area (Å²) in [5, 5.41) is 0. The van der Waals surface area contributed by atoms with Crippen LogP contribution in [-0.4, -0.2) is 42.7 Å². The largest absolute Gasteiger partial charge is 0.484 e. The maximum absolute atomic E-state index is 12.2. The SMILES string of the molecule is Cc1ccc(OCC(=O)N2CC(C)OCC2C)cc1C. The van der Waals surface area contributed by atoms with Crippen LogP contribution in [0.3, 0.4) is 0 Å². The van der Waals surface area contributed by atoms with Gasteiger partial charge in [0.1, 0.15) is 5.75 Å². The highest BCUT2D eigenvalue weighted by atomic mass is 16.5. The maximum Gasteiger partial charge on any atom is 0.260 e. The fraction of sp³-hybridized carbons (Fsp3) is 0.562. The van der Waals surface area contributed by atoms with Crippen LogP contribution in [0.15, 0.2) is 18.2 Å². The lowest BCUT2D eigenvalue weighted by atomic mass is 10.1. The van der Waals surface area contributed by atoms with Crippen molar-refractivity contribution in [3.63, 3.8) is 0 Å². The van der Waals surface area contributed by atoms with Crippen LogP contribution in [0.25, 0.3) is 0 Å². The highest BCUT2D eigenvalue weighted by Gasteiger charge is 2.27. The van der Waals surface area contributed by atoms with Gasteiger partial charge in [0, 0.05) is 6.54 Å². The molecule has 1 heterocycles. The Labute approximate surface area is 120 Å². The highest BCUT2D eigenvalue weighted by molar-refractivity contribution is 5.78. The van der Waals surface area contributed by atoms with Gasteiger partial charge >= 0.3 is 0 Å². The number of benzene rings is 1. The van der Waals surface area contributed by atoms with E-state index in [1.807, 2.05) is 43.9 Å². The van der Waals surface area contributed by atoms with Crippen LogP contribution in [0, 0.1) is 13.8 Å². The molecule has 0 radical (unpaired) electrons. The predicted molar refractivity (Wildman–Crippen MR) is 78.0 cm³/mol. The lowest BCUT2D eigenvalue weighted by molar-refractivity contribution is -0.145. The first kappa shape index (κ1) is 14.9. The smallest absolute Gasteiger partial charge is 0.260 e. The van der Waals surface area contributed by atoms with Gasteiger partial charge in [0.25, 0.3) is 5.91 Å². The molecule has 0 spiro atoms. The summed E-state index contributed by atoms with van der Waals surface area (Å²) in [5.74, 6) is 0.765. The summed E-state index contributed by atoms with van der Waals surface area (Å²) in [4.78, 5) is 14.1. The fourth-order valence-corrected chi connectivity index (χ4v) is 2.28. The molecule has 20 heavy (non-hydrogen) atoms. The molecule has 0 aromatic heterocycles. The molecule has 0 aliphatic carbocycles. The topological polar surface area (TPSA) is 38.8 Å². The zero-order valence-corrected chi connectivity index (χ0v) is 12.7. The van der Waals surface area contributed by atoms with Crippen LogP contribution in [-0.2, 0) is 9.53 Å². The number of carbonyl (C=O) groups is 1. The van der Waals surface area contributed by atoms with Crippen LogP contribution in [0.4, 0.5) is 0 Å². The van der Waals surface area contributed by atoms with Gasteiger partial charge in [-0.1, -0.05) is 6.07 Å². The second-order valence-electron chi connectivity index (χ2n) is 5.57. The quantitative estimate of drug-likeness (QED) is 0.851. The second-order valence-corrected chi connectivity index (χ2v) is 5.57. The van der Waals surface area contributed by atoms with Crippen LogP contribution in [0.1, 0.15) is 25.0 Å². The number of carbonyl (C=O) groups excluding carboxylic acids is 1. The van der Waals surface area contributed by atoms with Gasteiger partial charge in [-0.15, -0.1) is 0 Å². The van der Waals surface area contributed by atoms with E-state index in [1.54, 1.807) is 0 Å². The Morgan fingerprint density at radius 1 is 1.35 bits per heavy atom. The predicted octanol–water partition coefficient (Wildman–Crippen LogP) is 2.32. The Morgan fingerprint density at radius 3 is 2.80 bits per heavy atom. The third kappa shape index (κ3) is 3.51. The van der Waals surface area contributed by atoms with Crippen LogP contribution in [0.5, 0.6) is 5.75 Å². The van der Waals surface area contributed by atoms with Gasteiger partial charge in [-0.05, 0) is 51.0 Å². The van der Waals surface area contributed by atoms with Crippen molar-refractivity contribution in [3.8, 4) is 5.75 Å². The van der Waals surface area contributed by atoms with Crippen molar-refractivity contribution >= 4 is 5.91 Å². The lowest BCUT2D eigenvalue weighted by Gasteiger charge is -2.36. The molecule has 2 unspecified atom stereocenters. The third-order valence-corrected chi connectivity index (χ3v) is 3.77. The number of nitrogens with zero attached hydrogens (tertiary/aromatic N) is 1. The van der Waals surface area contributed by atoms with Gasteiger partial charge in [0.05, 0.1) is 18.8 Å². The minimum absolute atomic E-state index is 0.0193. The summed E-state index contributed by atoms with van der Waals surface area (Å²) in [6, 6.07) is 5.99. The number of hydrogen-bond donors (Lipinski definition) is 0. The fourth-order valence-electron chi connectivity index (χ4n) is 2.28. The minimum atomic E-state index is 0.0193. The molecule has 110 valence electrons. The first-order valence-corrected chi connectivity index (χ1v) is 7.08. The molecule has 4 heteroatoms. The van der Waals surface area contributed by atoms with E-state index in [0.717, 1.165) is 5.75 Å². The summed E-state index contributed by atoms with van der Waals surface area (Å²) in [5.41, 5.74) is 2.39. The molecule has 1 fully saturated rings. The Morgan fingerprint density at radius 2 is 2.10 bits per heavy atom. The van der Waals surface area contributed by atoms with Crippen molar-refractivity contribution in [3.05, 3.63) is 29.3 Å². The van der Waals surface area contributed by atoms with Crippen LogP contribution in [0.2, 0.25) is 0 Å². The first-order chi connectivity index (χ1) is 9.47. The van der Waals surface area contributed by atoms with E-state index in [9.17, 15) is 4.79 Å². The first-order valence-electron chi connectivity index (χ1n) is 7.08. The summed E-state index contributed by atoms with van der Waals surface area (Å²) < 4.78 is 11.1. The van der Waals surface area contributed by atoms with Gasteiger partial charge < -0.3 is 14.4 Å². The van der Waals surface area contributed by atoms with E-state index in [1.165, 1.54) is 11.1 Å². The molecular weight excluding hydrogens is 254 g/mol. The normalized spacial score (nSPS) is 22.7. The molecular formula is C16H23NO3. The number of amides is 1. The Bertz CT molecular complexity index is 487. The van der Waals surface area contributed by atoms with E-state index in [-0.39, 0.29) is 24.7 Å². The van der Waals surface area contributed by atoms with Gasteiger partial charge in [0.2, 0.25) is 0 Å². The van der Waals surface area contributed by atoms with Gasteiger partial charge in [-0.25, -0.2) is 0 Å². The average Bonchev–Trinajstić information content (AvgIpc) is 2.42. The minimum Gasteiger partial charge on any atom is -0.484 e. The lowest BCUT2D eigenvalue weighted by Crippen LogP contribution is -2.51. The Hall–Kier alpha value is -1.55. The number of rotatable bonds is 3. The standard InChI is InChI=1S/C16H23NO3/c1-11-5-6-15(7-12(11)2)20-10-16(18)17-8-14(4)19-9-13(17)3/h5-7,13-14H,8-10H2,1-4H3. The van der Waals surface area contributed by atoms with Crippen molar-refractivity contribution < 1.29 is 14.3 Å². The van der Waals surface area contributed by atoms with E-state index >= 15 is 0 Å². The van der Waals surface area contributed by atoms with E-state index in [0.29, 0.717) is 13.2 Å². The highest BCUT2D eigenvalue weighted by Crippen LogP contribution is 2.17. The van der Waals surface area contributed by atoms with Crippen molar-refractivity contribution in [2.75, 3.05) is 19.8 Å². The molecule has 1 aromatic rings. The average molecular weight is 277 g/mol. The number of ether oxygens (including phenoxy) is 2. The second kappa shape index (κ2) is 6.27. The zero-order chi connectivity index (χ0) is 14.7. The van der Waals surface area contributed by atoms with E-state index in [4.69, 9.17) is 9.47 Å². The van der Waals surface area contributed by atoms with Crippen molar-refractivity contribution in [1.82, 2.24) is 4.90 Å². The summed E-state index contributed by atoms with van der Waals surface area (Å²) >= 11 is 0. The van der Waals surface area contributed by atoms with Crippen LogP contribution < -0.4 is 4.74 Å². The van der Waals surface area contributed by atoms with Gasteiger partial charge in [-0.3, -0.25) is 4.79 Å². The Kier molecular flexibility index (Phi) is 4.65. The van der Waals surface area contributed by atoms with Gasteiger partial charge in [0.15, 0.2) is 6.61 Å². The molecule has 0 N–H and O–H groups in total. The van der Waals surface area contributed by atoms with E-state index in [2.05, 4.69) is 6.92 Å². The number of aryl methyl sites for hydroxylation is 2. The Balaban J connectivity index is 1.92. The molecule has 2 rings (SSSR count). The summed E-state index contributed by atoms with van der Waals surface area (Å²) in [6.07, 6.45) is 0.0942. The monoisotopic (exact) mass is 277 g/mol. The molecule has 1 aromatic carbocycles. The molecule has 4 nitrogen and oxygen atoms in total. The third-order valence-electron chi connectivity index (χ3n) is 3.77. The molecule has 2 atom stereocenters. The zero-order valence-electron chi connectivity index (χ0n) is 12.7. The summed E-state index contributed by atoms with van der Waals surface area (Å²) in [6.45, 7) is 9.39.